The van der Waals surface area contributed by atoms with Gasteiger partial charge in [0.25, 0.3) is 5.91 Å². The van der Waals surface area contributed by atoms with Crippen LogP contribution in [0.1, 0.15) is 10.4 Å². The van der Waals surface area contributed by atoms with Crippen molar-refractivity contribution < 1.29 is 13.9 Å². The molecule has 31 heavy (non-hydrogen) atoms. The third kappa shape index (κ3) is 3.60. The van der Waals surface area contributed by atoms with E-state index in [0.29, 0.717) is 39.0 Å². The molecule has 152 valence electrons. The van der Waals surface area contributed by atoms with Crippen LogP contribution in [0, 0.1) is 0 Å². The number of aromatic nitrogens is 1. The fraction of sp³-hybridized carbons (Fsp3) is 0.0400. The number of hydrogen-bond donors (Lipinski definition) is 1. The van der Waals surface area contributed by atoms with Gasteiger partial charge >= 0.3 is 0 Å². The third-order valence-corrected chi connectivity index (χ3v) is 5.29. The number of fused-ring (bicyclic) bond motifs is 2. The van der Waals surface area contributed by atoms with E-state index in [0.717, 1.165) is 16.3 Å². The Morgan fingerprint density at radius 2 is 1.87 bits per heavy atom. The molecule has 0 saturated carbocycles. The van der Waals surface area contributed by atoms with E-state index in [9.17, 15) is 4.79 Å². The van der Waals surface area contributed by atoms with Crippen molar-refractivity contribution in [1.29, 1.82) is 0 Å². The number of nitrogens with zero attached hydrogens (tertiary/aromatic N) is 1. The number of anilines is 1. The highest BCUT2D eigenvalue weighted by atomic mass is 35.5. The minimum absolute atomic E-state index is 0.254. The van der Waals surface area contributed by atoms with Gasteiger partial charge in [-0.1, -0.05) is 48.0 Å². The molecule has 0 unspecified atom stereocenters. The lowest BCUT2D eigenvalue weighted by Gasteiger charge is -2.12. The summed E-state index contributed by atoms with van der Waals surface area (Å²) in [6.07, 6.45) is 0. The number of methoxy groups -OCH3 is 1. The fourth-order valence-corrected chi connectivity index (χ4v) is 3.77. The highest BCUT2D eigenvalue weighted by molar-refractivity contribution is 6.31. The molecule has 0 spiro atoms. The van der Waals surface area contributed by atoms with Gasteiger partial charge in [-0.15, -0.1) is 0 Å². The number of halogens is 1. The fourth-order valence-electron chi connectivity index (χ4n) is 3.60. The van der Waals surface area contributed by atoms with Crippen molar-refractivity contribution in [1.82, 2.24) is 4.98 Å². The summed E-state index contributed by atoms with van der Waals surface area (Å²) in [6.45, 7) is 0. The van der Waals surface area contributed by atoms with Crippen LogP contribution in [0.15, 0.2) is 83.3 Å². The van der Waals surface area contributed by atoms with Gasteiger partial charge in [0.15, 0.2) is 5.58 Å². The number of nitrogens with one attached hydrogen (secondary N) is 1. The van der Waals surface area contributed by atoms with Crippen molar-refractivity contribution in [3.05, 3.63) is 89.4 Å². The Balaban J connectivity index is 1.50. The summed E-state index contributed by atoms with van der Waals surface area (Å²) in [5, 5.41) is 5.35. The summed E-state index contributed by atoms with van der Waals surface area (Å²) in [7, 11) is 1.56. The summed E-state index contributed by atoms with van der Waals surface area (Å²) in [5.74, 6) is 0.717. The van der Waals surface area contributed by atoms with Crippen LogP contribution in [0.4, 0.5) is 5.69 Å². The number of rotatable bonds is 4. The average Bonchev–Trinajstić information content (AvgIpc) is 3.21. The standard InChI is InChI=1S/C25H17ClN2O3/c1-30-22-11-9-15-5-2-3-8-19(15)23(22)24(29)27-18-7-4-6-16(13-18)25-28-20-14-17(26)10-12-21(20)31-25/h2-14H,1H3,(H,27,29). The lowest BCUT2D eigenvalue weighted by molar-refractivity contribution is 0.102. The van der Waals surface area contributed by atoms with E-state index in [-0.39, 0.29) is 5.91 Å². The van der Waals surface area contributed by atoms with Crippen LogP contribution in [0.3, 0.4) is 0 Å². The first-order chi connectivity index (χ1) is 15.1. The summed E-state index contributed by atoms with van der Waals surface area (Å²) in [4.78, 5) is 17.7. The van der Waals surface area contributed by atoms with Crippen LogP contribution in [-0.4, -0.2) is 18.0 Å². The van der Waals surface area contributed by atoms with E-state index < -0.39 is 0 Å². The molecule has 1 amide bonds. The van der Waals surface area contributed by atoms with Crippen LogP contribution in [0.5, 0.6) is 5.75 Å². The predicted molar refractivity (Wildman–Crippen MR) is 123 cm³/mol. The van der Waals surface area contributed by atoms with Gasteiger partial charge in [-0.2, -0.15) is 0 Å². The van der Waals surface area contributed by atoms with E-state index in [1.165, 1.54) is 0 Å². The summed E-state index contributed by atoms with van der Waals surface area (Å²) >= 11 is 6.04. The van der Waals surface area contributed by atoms with Gasteiger partial charge in [-0.05, 0) is 53.2 Å². The zero-order valence-electron chi connectivity index (χ0n) is 16.6. The lowest BCUT2D eigenvalue weighted by atomic mass is 10.0. The minimum atomic E-state index is -0.254. The Kier molecular flexibility index (Phi) is 4.81. The zero-order valence-corrected chi connectivity index (χ0v) is 17.3. The van der Waals surface area contributed by atoms with Crippen LogP contribution in [0.25, 0.3) is 33.3 Å². The topological polar surface area (TPSA) is 64.4 Å². The van der Waals surface area contributed by atoms with E-state index in [1.807, 2.05) is 54.6 Å². The maximum atomic E-state index is 13.2. The number of hydrogen-bond acceptors (Lipinski definition) is 4. The summed E-state index contributed by atoms with van der Waals surface area (Å²) < 4.78 is 11.3. The normalized spacial score (nSPS) is 11.0. The molecule has 0 aliphatic heterocycles. The summed E-state index contributed by atoms with van der Waals surface area (Å²) in [5.41, 5.74) is 3.18. The van der Waals surface area contributed by atoms with Crippen LogP contribution in [-0.2, 0) is 0 Å². The lowest BCUT2D eigenvalue weighted by Crippen LogP contribution is -2.13. The SMILES string of the molecule is COc1ccc2ccccc2c1C(=O)Nc1cccc(-c2nc3cc(Cl)ccc3o2)c1. The Morgan fingerprint density at radius 1 is 1.00 bits per heavy atom. The van der Waals surface area contributed by atoms with Crippen molar-refractivity contribution in [3.8, 4) is 17.2 Å². The second-order valence-corrected chi connectivity index (χ2v) is 7.47. The smallest absolute Gasteiger partial charge is 0.260 e. The van der Waals surface area contributed by atoms with Gasteiger partial charge in [0.1, 0.15) is 11.3 Å². The highest BCUT2D eigenvalue weighted by Crippen LogP contribution is 2.30. The number of benzene rings is 4. The number of carbonyl (C=O) groups excluding carboxylic acids is 1. The van der Waals surface area contributed by atoms with Gasteiger partial charge < -0.3 is 14.5 Å². The van der Waals surface area contributed by atoms with Crippen molar-refractivity contribution >= 4 is 45.1 Å². The second kappa shape index (κ2) is 7.78. The van der Waals surface area contributed by atoms with Gasteiger partial charge in [0, 0.05) is 16.3 Å². The van der Waals surface area contributed by atoms with Crippen LogP contribution in [0.2, 0.25) is 5.02 Å². The van der Waals surface area contributed by atoms with Gasteiger partial charge in [0.2, 0.25) is 5.89 Å². The van der Waals surface area contributed by atoms with Gasteiger partial charge in [-0.25, -0.2) is 4.98 Å². The molecule has 0 radical (unpaired) electrons. The molecule has 1 aromatic heterocycles. The average molecular weight is 429 g/mol. The Morgan fingerprint density at radius 3 is 2.74 bits per heavy atom. The van der Waals surface area contributed by atoms with E-state index >= 15 is 0 Å². The highest BCUT2D eigenvalue weighted by Gasteiger charge is 2.17. The number of oxazole rings is 1. The predicted octanol–water partition coefficient (Wildman–Crippen LogP) is 6.56. The quantitative estimate of drug-likeness (QED) is 0.352. The Labute approximate surface area is 183 Å². The largest absolute Gasteiger partial charge is 0.496 e. The molecule has 0 bridgehead atoms. The van der Waals surface area contributed by atoms with Crippen molar-refractivity contribution in [3.63, 3.8) is 0 Å². The molecule has 4 aromatic carbocycles. The molecule has 0 saturated heterocycles. The van der Waals surface area contributed by atoms with Gasteiger partial charge in [0.05, 0.1) is 12.7 Å². The molecule has 1 N–H and O–H groups in total. The van der Waals surface area contributed by atoms with E-state index in [4.69, 9.17) is 20.8 Å². The third-order valence-electron chi connectivity index (χ3n) is 5.05. The molecule has 0 aliphatic carbocycles. The molecule has 5 rings (SSSR count). The van der Waals surface area contributed by atoms with Crippen molar-refractivity contribution in [2.45, 2.75) is 0 Å². The van der Waals surface area contributed by atoms with Crippen LogP contribution >= 0.6 is 11.6 Å². The van der Waals surface area contributed by atoms with E-state index in [1.54, 1.807) is 31.4 Å². The first-order valence-electron chi connectivity index (χ1n) is 9.66. The maximum Gasteiger partial charge on any atom is 0.260 e. The Hall–Kier alpha value is -3.83. The zero-order chi connectivity index (χ0) is 21.4. The number of carbonyl (C=O) groups is 1. The van der Waals surface area contributed by atoms with Crippen molar-refractivity contribution in [2.24, 2.45) is 0 Å². The van der Waals surface area contributed by atoms with Crippen molar-refractivity contribution in [2.75, 3.05) is 12.4 Å². The molecule has 0 aliphatic rings. The number of amides is 1. The molecule has 5 nitrogen and oxygen atoms in total. The second-order valence-electron chi connectivity index (χ2n) is 7.03. The molecule has 6 heteroatoms. The molecular formula is C25H17ClN2O3. The molecule has 0 atom stereocenters. The minimum Gasteiger partial charge on any atom is -0.496 e. The first kappa shape index (κ1) is 19.2. The molecule has 5 aromatic rings. The molecule has 0 fully saturated rings. The van der Waals surface area contributed by atoms with E-state index in [2.05, 4.69) is 10.3 Å². The molecular weight excluding hydrogens is 412 g/mol. The van der Waals surface area contributed by atoms with Crippen LogP contribution < -0.4 is 10.1 Å². The maximum absolute atomic E-state index is 13.2. The first-order valence-corrected chi connectivity index (χ1v) is 10.0. The van der Waals surface area contributed by atoms with Gasteiger partial charge in [-0.3, -0.25) is 4.79 Å². The molecule has 1 heterocycles. The monoisotopic (exact) mass is 428 g/mol. The summed E-state index contributed by atoms with van der Waals surface area (Å²) in [6, 6.07) is 24.1. The Bertz CT molecular complexity index is 1440. The number of ether oxygens (including phenoxy) is 1.